The number of benzene rings is 2. The maximum atomic E-state index is 12.6. The second-order valence-corrected chi connectivity index (χ2v) is 9.00. The fourth-order valence-corrected chi connectivity index (χ4v) is 4.30. The standard InChI is InChI=1S/C21H17Cl2IN2O4S/c1-25-19(27)14(20(28)26(2)21(25)31)6-11-7-16(24)18(17(8-11)29-3)30-10-12-4-5-13(22)9-15(12)23/h4-9H,10H2,1-3H3. The fourth-order valence-electron chi connectivity index (χ4n) is 2.89. The first-order valence-electron chi connectivity index (χ1n) is 8.90. The minimum atomic E-state index is -0.459. The molecule has 0 bridgehead atoms. The van der Waals surface area contributed by atoms with E-state index in [1.165, 1.54) is 37.1 Å². The number of amides is 2. The maximum absolute atomic E-state index is 12.6. The first-order chi connectivity index (χ1) is 14.6. The second-order valence-electron chi connectivity index (χ2n) is 6.63. The van der Waals surface area contributed by atoms with Crippen LogP contribution in [-0.4, -0.2) is 47.9 Å². The van der Waals surface area contributed by atoms with Crippen LogP contribution in [0.5, 0.6) is 11.5 Å². The molecule has 0 aromatic heterocycles. The van der Waals surface area contributed by atoms with Gasteiger partial charge in [0.15, 0.2) is 16.6 Å². The Hall–Kier alpha value is -1.88. The third-order valence-corrected chi connectivity index (χ3v) is 6.53. The van der Waals surface area contributed by atoms with Gasteiger partial charge in [-0.3, -0.25) is 19.4 Å². The van der Waals surface area contributed by atoms with Crippen LogP contribution >= 0.6 is 58.0 Å². The van der Waals surface area contributed by atoms with E-state index in [2.05, 4.69) is 22.6 Å². The lowest BCUT2D eigenvalue weighted by atomic mass is 10.1. The fraction of sp³-hybridized carbons (Fsp3) is 0.190. The molecule has 1 saturated heterocycles. The molecule has 0 spiro atoms. The second kappa shape index (κ2) is 9.72. The van der Waals surface area contributed by atoms with Crippen LogP contribution in [0.3, 0.4) is 0 Å². The van der Waals surface area contributed by atoms with Crippen molar-refractivity contribution in [3.05, 3.63) is 60.6 Å². The lowest BCUT2D eigenvalue weighted by Crippen LogP contribution is -2.52. The summed E-state index contributed by atoms with van der Waals surface area (Å²) in [5.41, 5.74) is 1.40. The molecule has 1 aliphatic rings. The summed E-state index contributed by atoms with van der Waals surface area (Å²) in [5, 5.41) is 1.20. The summed E-state index contributed by atoms with van der Waals surface area (Å²) in [7, 11) is 4.58. The highest BCUT2D eigenvalue weighted by Gasteiger charge is 2.35. The first kappa shape index (κ1) is 23.8. The van der Waals surface area contributed by atoms with Crippen molar-refractivity contribution in [2.24, 2.45) is 0 Å². The minimum absolute atomic E-state index is 0.0121. The maximum Gasteiger partial charge on any atom is 0.265 e. The summed E-state index contributed by atoms with van der Waals surface area (Å²) in [6.45, 7) is 0.215. The highest BCUT2D eigenvalue weighted by atomic mass is 127. The third kappa shape index (κ3) is 4.97. The Labute approximate surface area is 208 Å². The number of carbonyl (C=O) groups is 2. The molecule has 6 nitrogen and oxygen atoms in total. The van der Waals surface area contributed by atoms with Gasteiger partial charge >= 0.3 is 0 Å². The number of hydrogen-bond acceptors (Lipinski definition) is 5. The molecule has 2 aromatic rings. The normalized spacial score (nSPS) is 14.3. The monoisotopic (exact) mass is 590 g/mol. The number of halogens is 3. The van der Waals surface area contributed by atoms with Gasteiger partial charge in [-0.05, 0) is 70.7 Å². The molecule has 0 unspecified atom stereocenters. The molecule has 162 valence electrons. The van der Waals surface area contributed by atoms with E-state index in [1.807, 2.05) is 0 Å². The summed E-state index contributed by atoms with van der Waals surface area (Å²) in [6.07, 6.45) is 1.52. The number of likely N-dealkylation sites (N-methyl/N-ethyl adjacent to an activating group) is 2. The van der Waals surface area contributed by atoms with E-state index in [1.54, 1.807) is 30.3 Å². The molecule has 1 fully saturated rings. The molecule has 1 aliphatic heterocycles. The quantitative estimate of drug-likeness (QED) is 0.217. The van der Waals surface area contributed by atoms with Gasteiger partial charge in [-0.2, -0.15) is 0 Å². The Morgan fingerprint density at radius 2 is 1.74 bits per heavy atom. The van der Waals surface area contributed by atoms with Crippen LogP contribution in [0.1, 0.15) is 11.1 Å². The van der Waals surface area contributed by atoms with Gasteiger partial charge in [-0.25, -0.2) is 0 Å². The summed E-state index contributed by atoms with van der Waals surface area (Å²) in [4.78, 5) is 27.6. The molecule has 10 heteroatoms. The summed E-state index contributed by atoms with van der Waals surface area (Å²) in [6, 6.07) is 8.67. The summed E-state index contributed by atoms with van der Waals surface area (Å²) in [5.74, 6) is 0.0596. The predicted molar refractivity (Wildman–Crippen MR) is 133 cm³/mol. The van der Waals surface area contributed by atoms with Gasteiger partial charge in [0.25, 0.3) is 11.8 Å². The van der Waals surface area contributed by atoms with Crippen molar-refractivity contribution in [2.45, 2.75) is 6.61 Å². The molecular formula is C21H17Cl2IN2O4S. The number of carbonyl (C=O) groups excluding carboxylic acids is 2. The first-order valence-corrected chi connectivity index (χ1v) is 11.1. The lowest BCUT2D eigenvalue weighted by molar-refractivity contribution is -0.132. The van der Waals surface area contributed by atoms with Crippen LogP contribution < -0.4 is 9.47 Å². The molecule has 0 atom stereocenters. The largest absolute Gasteiger partial charge is 0.493 e. The van der Waals surface area contributed by atoms with Crippen LogP contribution in [0.4, 0.5) is 0 Å². The Balaban J connectivity index is 1.92. The van der Waals surface area contributed by atoms with Crippen molar-refractivity contribution in [3.8, 4) is 11.5 Å². The van der Waals surface area contributed by atoms with Gasteiger partial charge in [0.05, 0.1) is 10.7 Å². The van der Waals surface area contributed by atoms with Crippen LogP contribution in [0, 0.1) is 3.57 Å². The van der Waals surface area contributed by atoms with E-state index in [0.29, 0.717) is 27.1 Å². The van der Waals surface area contributed by atoms with Crippen LogP contribution in [0.25, 0.3) is 6.08 Å². The van der Waals surface area contributed by atoms with E-state index >= 15 is 0 Å². The smallest absolute Gasteiger partial charge is 0.265 e. The Bertz CT molecular complexity index is 1100. The van der Waals surface area contributed by atoms with E-state index in [0.717, 1.165) is 9.13 Å². The van der Waals surface area contributed by atoms with E-state index < -0.39 is 11.8 Å². The van der Waals surface area contributed by atoms with Gasteiger partial charge in [0, 0.05) is 29.7 Å². The zero-order chi connectivity index (χ0) is 22.9. The topological polar surface area (TPSA) is 59.1 Å². The lowest BCUT2D eigenvalue weighted by Gasteiger charge is -2.31. The van der Waals surface area contributed by atoms with E-state index in [4.69, 9.17) is 44.9 Å². The molecule has 0 aliphatic carbocycles. The van der Waals surface area contributed by atoms with Crippen molar-refractivity contribution in [1.82, 2.24) is 9.80 Å². The van der Waals surface area contributed by atoms with Crippen molar-refractivity contribution < 1.29 is 19.1 Å². The number of rotatable bonds is 5. The average Bonchev–Trinajstić information content (AvgIpc) is 2.74. The number of hydrogen-bond donors (Lipinski definition) is 0. The molecule has 0 saturated carbocycles. The Kier molecular flexibility index (Phi) is 7.46. The molecule has 0 radical (unpaired) electrons. The molecular weight excluding hydrogens is 574 g/mol. The van der Waals surface area contributed by atoms with Crippen molar-refractivity contribution in [2.75, 3.05) is 21.2 Å². The highest BCUT2D eigenvalue weighted by molar-refractivity contribution is 14.1. The molecule has 2 amide bonds. The van der Waals surface area contributed by atoms with Crippen molar-refractivity contribution >= 4 is 81.0 Å². The van der Waals surface area contributed by atoms with Crippen LogP contribution in [-0.2, 0) is 16.2 Å². The Morgan fingerprint density at radius 3 is 2.32 bits per heavy atom. The average molecular weight is 591 g/mol. The molecule has 0 N–H and O–H groups in total. The predicted octanol–water partition coefficient (Wildman–Crippen LogP) is 4.78. The van der Waals surface area contributed by atoms with Gasteiger partial charge in [0.1, 0.15) is 12.2 Å². The molecule has 31 heavy (non-hydrogen) atoms. The highest BCUT2D eigenvalue weighted by Crippen LogP contribution is 2.36. The zero-order valence-corrected chi connectivity index (χ0v) is 21.2. The third-order valence-electron chi connectivity index (χ3n) is 4.59. The van der Waals surface area contributed by atoms with Gasteiger partial charge in [-0.1, -0.05) is 29.3 Å². The number of ether oxygens (including phenoxy) is 2. The number of methoxy groups -OCH3 is 1. The Morgan fingerprint density at radius 1 is 1.10 bits per heavy atom. The molecule has 2 aromatic carbocycles. The molecule has 3 rings (SSSR count). The SMILES string of the molecule is COc1cc(C=C2C(=O)N(C)C(=S)N(C)C2=O)cc(I)c1OCc1ccc(Cl)cc1Cl. The van der Waals surface area contributed by atoms with E-state index in [9.17, 15) is 9.59 Å². The minimum Gasteiger partial charge on any atom is -0.493 e. The van der Waals surface area contributed by atoms with Crippen LogP contribution in [0.2, 0.25) is 10.0 Å². The van der Waals surface area contributed by atoms with Gasteiger partial charge < -0.3 is 9.47 Å². The number of thiocarbonyl (C=S) groups is 1. The van der Waals surface area contributed by atoms with Crippen molar-refractivity contribution in [1.29, 1.82) is 0 Å². The summed E-state index contributed by atoms with van der Waals surface area (Å²) >= 11 is 19.4. The van der Waals surface area contributed by atoms with Gasteiger partial charge in [0.2, 0.25) is 0 Å². The summed E-state index contributed by atoms with van der Waals surface area (Å²) < 4.78 is 12.2. The van der Waals surface area contributed by atoms with Crippen molar-refractivity contribution in [3.63, 3.8) is 0 Å². The van der Waals surface area contributed by atoms with Crippen LogP contribution in [0.15, 0.2) is 35.9 Å². The zero-order valence-electron chi connectivity index (χ0n) is 16.7. The molecule has 1 heterocycles. The van der Waals surface area contributed by atoms with Gasteiger partial charge in [-0.15, -0.1) is 0 Å². The van der Waals surface area contributed by atoms with E-state index in [-0.39, 0.29) is 17.3 Å². The number of nitrogens with zero attached hydrogens (tertiary/aromatic N) is 2.